The average Bonchev–Trinajstić information content (AvgIpc) is 2.92. The number of carboxylic acids is 1. The van der Waals surface area contributed by atoms with Crippen LogP contribution in [0.15, 0.2) is 30.4 Å². The molecule has 0 radical (unpaired) electrons. The highest BCUT2D eigenvalue weighted by Crippen LogP contribution is 2.42. The van der Waals surface area contributed by atoms with Crippen LogP contribution >= 0.6 is 0 Å². The average molecular weight is 490 g/mol. The van der Waals surface area contributed by atoms with Crippen molar-refractivity contribution in [3.8, 4) is 5.75 Å². The maximum atomic E-state index is 13.8. The zero-order valence-electron chi connectivity index (χ0n) is 18.6. The topological polar surface area (TPSA) is 96.2 Å². The molecule has 34 heavy (non-hydrogen) atoms. The monoisotopic (exact) mass is 490 g/mol. The van der Waals surface area contributed by atoms with E-state index in [1.807, 2.05) is 0 Å². The van der Waals surface area contributed by atoms with Crippen LogP contribution < -0.4 is 4.74 Å². The summed E-state index contributed by atoms with van der Waals surface area (Å²) in [6.45, 7) is 0.0662. The van der Waals surface area contributed by atoms with Crippen LogP contribution in [0.3, 0.4) is 0 Å². The molecule has 2 aliphatic rings. The molecule has 0 spiro atoms. The van der Waals surface area contributed by atoms with E-state index < -0.39 is 48.1 Å². The second kappa shape index (κ2) is 11.5. The van der Waals surface area contributed by atoms with Crippen LogP contribution in [0.1, 0.15) is 44.1 Å². The van der Waals surface area contributed by atoms with Crippen molar-refractivity contribution in [1.82, 2.24) is 0 Å². The number of benzene rings is 1. The maximum Gasteiger partial charge on any atom is 0.416 e. The van der Waals surface area contributed by atoms with Crippen LogP contribution in [0.25, 0.3) is 0 Å². The summed E-state index contributed by atoms with van der Waals surface area (Å²) in [6, 6.07) is 1.82. The number of aliphatic hydroxyl groups is 2. The Morgan fingerprint density at radius 1 is 1.29 bits per heavy atom. The molecule has 1 heterocycles. The molecular formula is C24H30F4O6. The molecule has 0 unspecified atom stereocenters. The lowest BCUT2D eigenvalue weighted by Gasteiger charge is -2.21. The van der Waals surface area contributed by atoms with Gasteiger partial charge >= 0.3 is 12.1 Å². The van der Waals surface area contributed by atoms with Gasteiger partial charge in [-0.15, -0.1) is 0 Å². The predicted octanol–water partition coefficient (Wildman–Crippen LogP) is 4.19. The number of aliphatic hydroxyl groups excluding tert-OH is 2. The molecule has 10 heteroatoms. The minimum atomic E-state index is -4.64. The van der Waals surface area contributed by atoms with Gasteiger partial charge in [0, 0.05) is 25.4 Å². The normalized spacial score (nSPS) is 28.5. The van der Waals surface area contributed by atoms with Gasteiger partial charge in [-0.3, -0.25) is 4.79 Å². The summed E-state index contributed by atoms with van der Waals surface area (Å²) < 4.78 is 63.3. The van der Waals surface area contributed by atoms with Gasteiger partial charge in [0.25, 0.3) is 0 Å². The number of hydrogen-bond acceptors (Lipinski definition) is 5. The fraction of sp³-hybridized carbons (Fsp3) is 0.625. The Labute approximate surface area is 195 Å². The number of fused-ring (bicyclic) bond motifs is 1. The maximum absolute atomic E-state index is 13.8. The summed E-state index contributed by atoms with van der Waals surface area (Å²) in [4.78, 5) is 10.7. The van der Waals surface area contributed by atoms with Crippen molar-refractivity contribution < 1.29 is 47.1 Å². The number of ether oxygens (including phenoxy) is 2. The van der Waals surface area contributed by atoms with Crippen molar-refractivity contribution in [3.05, 3.63) is 41.7 Å². The third-order valence-corrected chi connectivity index (χ3v) is 6.57. The first-order valence-corrected chi connectivity index (χ1v) is 11.4. The number of aliphatic carboxylic acids is 1. The molecule has 1 saturated carbocycles. The molecule has 2 fully saturated rings. The summed E-state index contributed by atoms with van der Waals surface area (Å²) >= 11 is 0. The molecule has 1 aromatic rings. The highest BCUT2D eigenvalue weighted by atomic mass is 19.4. The fourth-order valence-electron chi connectivity index (χ4n) is 4.76. The van der Waals surface area contributed by atoms with Crippen molar-refractivity contribution in [2.24, 2.45) is 17.8 Å². The van der Waals surface area contributed by atoms with Crippen molar-refractivity contribution >= 4 is 5.97 Å². The standard InChI is InChI=1S/C24H30F4O6/c25-19-9-5-15(24(26,27)28)10-22(19)34-13-16(29)6-8-17-18-7-4-14(2-1-3-23(31)32)12-33-21(18)11-20(17)30/h5-6,8-10,14,16-18,20-21,29-30H,1-4,7,11-13H2,(H,31,32)/t14-,16+,17+,18+,20+,21-/m0/s1. The zero-order chi connectivity index (χ0) is 24.9. The molecule has 6 nitrogen and oxygen atoms in total. The van der Waals surface area contributed by atoms with Gasteiger partial charge in [-0.05, 0) is 55.7 Å². The van der Waals surface area contributed by atoms with Crippen LogP contribution in [-0.2, 0) is 15.7 Å². The number of rotatable bonds is 9. The van der Waals surface area contributed by atoms with Crippen molar-refractivity contribution in [3.63, 3.8) is 0 Å². The molecular weight excluding hydrogens is 460 g/mol. The molecule has 0 aromatic heterocycles. The Morgan fingerprint density at radius 2 is 2.06 bits per heavy atom. The summed E-state index contributed by atoms with van der Waals surface area (Å²) in [6.07, 6.45) is -0.0376. The number of carbonyl (C=O) groups is 1. The summed E-state index contributed by atoms with van der Waals surface area (Å²) in [7, 11) is 0. The van der Waals surface area contributed by atoms with Crippen molar-refractivity contribution in [2.45, 2.75) is 63.0 Å². The lowest BCUT2D eigenvalue weighted by atomic mass is 9.86. The molecule has 190 valence electrons. The smallest absolute Gasteiger partial charge is 0.416 e. The van der Waals surface area contributed by atoms with E-state index in [1.54, 1.807) is 6.08 Å². The quantitative estimate of drug-likeness (QED) is 0.355. The van der Waals surface area contributed by atoms with Crippen LogP contribution in [0.5, 0.6) is 5.75 Å². The third-order valence-electron chi connectivity index (χ3n) is 6.57. The van der Waals surface area contributed by atoms with E-state index in [4.69, 9.17) is 14.6 Å². The van der Waals surface area contributed by atoms with E-state index in [-0.39, 0.29) is 30.3 Å². The predicted molar refractivity (Wildman–Crippen MR) is 114 cm³/mol. The number of hydrogen-bond donors (Lipinski definition) is 3. The lowest BCUT2D eigenvalue weighted by Crippen LogP contribution is -2.22. The van der Waals surface area contributed by atoms with Crippen LogP contribution in [0.2, 0.25) is 0 Å². The van der Waals surface area contributed by atoms with Crippen molar-refractivity contribution in [2.75, 3.05) is 13.2 Å². The Morgan fingerprint density at radius 3 is 2.76 bits per heavy atom. The second-order valence-electron chi connectivity index (χ2n) is 9.05. The summed E-state index contributed by atoms with van der Waals surface area (Å²) in [5.74, 6) is -2.38. The van der Waals surface area contributed by atoms with Gasteiger partial charge in [0.15, 0.2) is 11.6 Å². The van der Waals surface area contributed by atoms with Crippen LogP contribution in [0, 0.1) is 23.6 Å². The van der Waals surface area contributed by atoms with Crippen molar-refractivity contribution in [1.29, 1.82) is 0 Å². The fourth-order valence-corrected chi connectivity index (χ4v) is 4.76. The molecule has 6 atom stereocenters. The molecule has 0 bridgehead atoms. The van der Waals surface area contributed by atoms with Gasteiger partial charge in [0.05, 0.1) is 17.8 Å². The van der Waals surface area contributed by atoms with E-state index in [0.29, 0.717) is 37.6 Å². The highest BCUT2D eigenvalue weighted by molar-refractivity contribution is 5.66. The Balaban J connectivity index is 1.54. The Bertz CT molecular complexity index is 858. The van der Waals surface area contributed by atoms with Gasteiger partial charge in [-0.25, -0.2) is 4.39 Å². The number of alkyl halides is 3. The Kier molecular flexibility index (Phi) is 8.95. The molecule has 3 N–H and O–H groups in total. The SMILES string of the molecule is O=C(O)CCC[C@H]1CC[C@@H]2[C@@H](C=C[C@@H](O)COc3cc(C(F)(F)F)ccc3F)[C@H](O)C[C@@H]2OC1. The molecule has 1 aliphatic heterocycles. The molecule has 1 aliphatic carbocycles. The van der Waals surface area contributed by atoms with Gasteiger partial charge < -0.3 is 24.8 Å². The van der Waals surface area contributed by atoms with Crippen LogP contribution in [0.4, 0.5) is 17.6 Å². The van der Waals surface area contributed by atoms with E-state index in [0.717, 1.165) is 19.3 Å². The minimum absolute atomic E-state index is 0.0322. The summed E-state index contributed by atoms with van der Waals surface area (Å²) in [5.41, 5.74) is -1.05. The van der Waals surface area contributed by atoms with Gasteiger partial charge in [-0.1, -0.05) is 12.2 Å². The van der Waals surface area contributed by atoms with Gasteiger partial charge in [0.2, 0.25) is 0 Å². The number of halogens is 4. The Hall–Kier alpha value is -2.17. The minimum Gasteiger partial charge on any atom is -0.487 e. The molecule has 1 saturated heterocycles. The largest absolute Gasteiger partial charge is 0.487 e. The number of carboxylic acid groups (broad SMARTS) is 1. The molecule has 1 aromatic carbocycles. The van der Waals surface area contributed by atoms with Gasteiger partial charge in [0.1, 0.15) is 12.7 Å². The first-order chi connectivity index (χ1) is 16.0. The zero-order valence-corrected chi connectivity index (χ0v) is 18.6. The van der Waals surface area contributed by atoms with E-state index >= 15 is 0 Å². The molecule has 0 amide bonds. The summed E-state index contributed by atoms with van der Waals surface area (Å²) in [5, 5.41) is 29.5. The highest BCUT2D eigenvalue weighted by Gasteiger charge is 2.43. The third kappa shape index (κ3) is 7.16. The first-order valence-electron chi connectivity index (χ1n) is 11.4. The van der Waals surface area contributed by atoms with E-state index in [9.17, 15) is 32.6 Å². The lowest BCUT2D eigenvalue weighted by molar-refractivity contribution is -0.138. The van der Waals surface area contributed by atoms with E-state index in [1.165, 1.54) is 6.08 Å². The first kappa shape index (κ1) is 26.4. The second-order valence-corrected chi connectivity index (χ2v) is 9.05. The van der Waals surface area contributed by atoms with Gasteiger partial charge in [-0.2, -0.15) is 13.2 Å². The van der Waals surface area contributed by atoms with E-state index in [2.05, 4.69) is 0 Å². The molecule has 3 rings (SSSR count). The van der Waals surface area contributed by atoms with Crippen LogP contribution in [-0.4, -0.2) is 52.8 Å².